The Morgan fingerprint density at radius 1 is 1.83 bits per heavy atom. The van der Waals surface area contributed by atoms with Gasteiger partial charge in [0.05, 0.1) is 11.5 Å². The maximum absolute atomic E-state index is 10.8. The molecule has 0 aromatic carbocycles. The number of thioether (sulfide) groups is 2. The van der Waals surface area contributed by atoms with Crippen LogP contribution in [0, 0.1) is 0 Å². The first-order chi connectivity index (χ1) is 5.72. The lowest BCUT2D eigenvalue weighted by molar-refractivity contribution is -0.118. The van der Waals surface area contributed by atoms with Crippen LogP contribution in [0.3, 0.4) is 0 Å². The molecule has 0 aromatic heterocycles. The monoisotopic (exact) mass is 204 g/mol. The molecule has 0 radical (unpaired) electrons. The number of aliphatic imine (C=N–C) groups is 1. The smallest absolute Gasteiger partial charge is 0.257 e. The summed E-state index contributed by atoms with van der Waals surface area (Å²) in [5.41, 5.74) is 0. The van der Waals surface area contributed by atoms with E-state index in [9.17, 15) is 9.59 Å². The summed E-state index contributed by atoms with van der Waals surface area (Å²) in [4.78, 5) is 25.1. The van der Waals surface area contributed by atoms with Gasteiger partial charge in [-0.2, -0.15) is 4.99 Å². The molecule has 1 heterocycles. The topological polar surface area (TPSA) is 58.5 Å². The second kappa shape index (κ2) is 4.51. The van der Waals surface area contributed by atoms with Gasteiger partial charge in [-0.1, -0.05) is 23.5 Å². The van der Waals surface area contributed by atoms with E-state index in [0.717, 1.165) is 0 Å². The molecule has 1 rings (SSSR count). The highest BCUT2D eigenvalue weighted by molar-refractivity contribution is 8.39. The minimum absolute atomic E-state index is 0.0531. The Labute approximate surface area is 78.6 Å². The molecule has 0 aliphatic carbocycles. The highest BCUT2D eigenvalue weighted by Crippen LogP contribution is 2.22. The van der Waals surface area contributed by atoms with Crippen molar-refractivity contribution in [1.29, 1.82) is 0 Å². The van der Waals surface area contributed by atoms with Crippen molar-refractivity contribution in [2.45, 2.75) is 0 Å². The van der Waals surface area contributed by atoms with Gasteiger partial charge in [0, 0.05) is 7.05 Å². The Balaban J connectivity index is 2.28. The van der Waals surface area contributed by atoms with Crippen LogP contribution >= 0.6 is 23.5 Å². The lowest BCUT2D eigenvalue weighted by Gasteiger charge is -1.97. The van der Waals surface area contributed by atoms with E-state index >= 15 is 0 Å². The largest absolute Gasteiger partial charge is 0.358 e. The lowest BCUT2D eigenvalue weighted by atomic mass is 10.7. The second-order valence-corrected chi connectivity index (χ2v) is 4.21. The van der Waals surface area contributed by atoms with Gasteiger partial charge in [-0.05, 0) is 0 Å². The zero-order chi connectivity index (χ0) is 8.97. The minimum Gasteiger partial charge on any atom is -0.358 e. The second-order valence-electron chi connectivity index (χ2n) is 2.02. The highest BCUT2D eigenvalue weighted by Gasteiger charge is 2.15. The fourth-order valence-corrected chi connectivity index (χ4v) is 2.29. The molecule has 0 atom stereocenters. The molecule has 66 valence electrons. The minimum atomic E-state index is -0.112. The summed E-state index contributed by atoms with van der Waals surface area (Å²) in [6, 6.07) is 0. The standard InChI is InChI=1S/C6H8N2O2S2/c1-7-4(9)2-11-6-8-5(10)3-12-6/h2-3H2,1H3,(H,7,9). The predicted octanol–water partition coefficient (Wildman–Crippen LogP) is 0.0950. The fraction of sp³-hybridized carbons (Fsp3) is 0.500. The maximum atomic E-state index is 10.8. The SMILES string of the molecule is CNC(=O)CSC1=NC(=O)CS1. The van der Waals surface area contributed by atoms with Crippen molar-refractivity contribution in [1.82, 2.24) is 5.32 Å². The van der Waals surface area contributed by atoms with Crippen molar-refractivity contribution < 1.29 is 9.59 Å². The summed E-state index contributed by atoms with van der Waals surface area (Å²) in [6.45, 7) is 0. The van der Waals surface area contributed by atoms with Gasteiger partial charge in [0.2, 0.25) is 5.91 Å². The van der Waals surface area contributed by atoms with Crippen LogP contribution in [0.4, 0.5) is 0 Å². The van der Waals surface area contributed by atoms with Gasteiger partial charge in [0.15, 0.2) is 0 Å². The van der Waals surface area contributed by atoms with E-state index in [1.54, 1.807) is 7.05 Å². The van der Waals surface area contributed by atoms with Crippen LogP contribution in [0.25, 0.3) is 0 Å². The van der Waals surface area contributed by atoms with Crippen LogP contribution in [0.15, 0.2) is 4.99 Å². The van der Waals surface area contributed by atoms with E-state index in [-0.39, 0.29) is 11.8 Å². The fourth-order valence-electron chi connectivity index (χ4n) is 0.563. The third kappa shape index (κ3) is 2.86. The number of nitrogens with one attached hydrogen (secondary N) is 1. The quantitative estimate of drug-likeness (QED) is 0.693. The van der Waals surface area contributed by atoms with E-state index < -0.39 is 0 Å². The van der Waals surface area contributed by atoms with E-state index in [1.807, 2.05) is 0 Å². The molecule has 0 bridgehead atoms. The number of carbonyl (C=O) groups excluding carboxylic acids is 2. The molecule has 0 fully saturated rings. The molecule has 0 saturated heterocycles. The average molecular weight is 204 g/mol. The van der Waals surface area contributed by atoms with Crippen molar-refractivity contribution in [3.05, 3.63) is 0 Å². The van der Waals surface area contributed by atoms with Crippen molar-refractivity contribution in [3.8, 4) is 0 Å². The summed E-state index contributed by atoms with van der Waals surface area (Å²) in [5, 5.41) is 2.49. The third-order valence-electron chi connectivity index (χ3n) is 1.14. The lowest BCUT2D eigenvalue weighted by Crippen LogP contribution is -2.20. The molecule has 1 aliphatic rings. The van der Waals surface area contributed by atoms with Crippen molar-refractivity contribution in [3.63, 3.8) is 0 Å². The molecule has 0 aromatic rings. The molecule has 4 nitrogen and oxygen atoms in total. The Morgan fingerprint density at radius 2 is 2.58 bits per heavy atom. The van der Waals surface area contributed by atoms with Crippen molar-refractivity contribution in [2.24, 2.45) is 4.99 Å². The summed E-state index contributed by atoms with van der Waals surface area (Å²) in [7, 11) is 1.58. The molecule has 6 heteroatoms. The van der Waals surface area contributed by atoms with Gasteiger partial charge < -0.3 is 5.32 Å². The Hall–Kier alpha value is -0.490. The van der Waals surface area contributed by atoms with Gasteiger partial charge in [0.1, 0.15) is 4.38 Å². The zero-order valence-corrected chi connectivity index (χ0v) is 8.13. The third-order valence-corrected chi connectivity index (χ3v) is 3.32. The molecular formula is C6H8N2O2S2. The highest BCUT2D eigenvalue weighted by atomic mass is 32.2. The van der Waals surface area contributed by atoms with Crippen LogP contribution < -0.4 is 5.32 Å². The molecule has 1 aliphatic heterocycles. The zero-order valence-electron chi connectivity index (χ0n) is 6.49. The number of nitrogens with zero attached hydrogens (tertiary/aromatic N) is 1. The maximum Gasteiger partial charge on any atom is 0.257 e. The first kappa shape index (κ1) is 9.60. The first-order valence-corrected chi connectivity index (χ1v) is 5.27. The molecule has 2 amide bonds. The van der Waals surface area contributed by atoms with Gasteiger partial charge >= 0.3 is 0 Å². The summed E-state index contributed by atoms with van der Waals surface area (Å²) in [5.74, 6) is 0.577. The van der Waals surface area contributed by atoms with Crippen LogP contribution in [-0.4, -0.2) is 34.7 Å². The predicted molar refractivity (Wildman–Crippen MR) is 51.4 cm³/mol. The van der Waals surface area contributed by atoms with Gasteiger partial charge in [-0.25, -0.2) is 0 Å². The van der Waals surface area contributed by atoms with Crippen molar-refractivity contribution in [2.75, 3.05) is 18.6 Å². The Kier molecular flexibility index (Phi) is 3.61. The Morgan fingerprint density at radius 3 is 3.08 bits per heavy atom. The van der Waals surface area contributed by atoms with E-state index in [1.165, 1.54) is 23.5 Å². The van der Waals surface area contributed by atoms with Crippen LogP contribution in [0.2, 0.25) is 0 Å². The molecule has 0 unspecified atom stereocenters. The number of hydrogen-bond acceptors (Lipinski definition) is 4. The summed E-state index contributed by atoms with van der Waals surface area (Å²) < 4.78 is 0.698. The normalized spacial score (nSPS) is 16.1. The molecule has 0 spiro atoms. The first-order valence-electron chi connectivity index (χ1n) is 3.30. The summed E-state index contributed by atoms with van der Waals surface area (Å²) in [6.07, 6.45) is 0. The van der Waals surface area contributed by atoms with Crippen LogP contribution in [0.5, 0.6) is 0 Å². The molecular weight excluding hydrogens is 196 g/mol. The average Bonchev–Trinajstić information content (AvgIpc) is 2.47. The number of carbonyl (C=O) groups is 2. The van der Waals surface area contributed by atoms with Gasteiger partial charge in [-0.15, -0.1) is 0 Å². The van der Waals surface area contributed by atoms with Gasteiger partial charge in [0.25, 0.3) is 5.91 Å². The summed E-state index contributed by atoms with van der Waals surface area (Å²) >= 11 is 2.69. The van der Waals surface area contributed by atoms with Crippen molar-refractivity contribution >= 4 is 39.7 Å². The number of hydrogen-bond donors (Lipinski definition) is 1. The van der Waals surface area contributed by atoms with Crippen LogP contribution in [-0.2, 0) is 9.59 Å². The van der Waals surface area contributed by atoms with E-state index in [4.69, 9.17) is 0 Å². The number of amides is 2. The van der Waals surface area contributed by atoms with Crippen LogP contribution in [0.1, 0.15) is 0 Å². The molecule has 12 heavy (non-hydrogen) atoms. The molecule has 1 N–H and O–H groups in total. The number of rotatable bonds is 2. The Bertz CT molecular complexity index is 240. The molecule has 0 saturated carbocycles. The van der Waals surface area contributed by atoms with E-state index in [2.05, 4.69) is 10.3 Å². The van der Waals surface area contributed by atoms with E-state index in [0.29, 0.717) is 15.9 Å². The van der Waals surface area contributed by atoms with Gasteiger partial charge in [-0.3, -0.25) is 9.59 Å².